The molecule has 0 aliphatic heterocycles. The van der Waals surface area contributed by atoms with Crippen molar-refractivity contribution in [2.24, 2.45) is 0 Å². The van der Waals surface area contributed by atoms with E-state index in [1.807, 2.05) is 39.0 Å². The summed E-state index contributed by atoms with van der Waals surface area (Å²) in [6.07, 6.45) is 1.57. The summed E-state index contributed by atoms with van der Waals surface area (Å²) in [5.41, 5.74) is 3.76. The van der Waals surface area contributed by atoms with Crippen LogP contribution in [0.3, 0.4) is 0 Å². The maximum atomic E-state index is 12.1. The third-order valence-electron chi connectivity index (χ3n) is 3.48. The van der Waals surface area contributed by atoms with Crippen molar-refractivity contribution in [3.05, 3.63) is 47.4 Å². The molecule has 7 heteroatoms. The van der Waals surface area contributed by atoms with E-state index in [-0.39, 0.29) is 11.7 Å². The van der Waals surface area contributed by atoms with Crippen molar-refractivity contribution in [3.8, 4) is 11.5 Å². The second kappa shape index (κ2) is 6.92. The van der Waals surface area contributed by atoms with Gasteiger partial charge in [0.15, 0.2) is 0 Å². The molecule has 0 bridgehead atoms. The zero-order chi connectivity index (χ0) is 17.1. The lowest BCUT2D eigenvalue weighted by molar-refractivity contribution is -0.113. The van der Waals surface area contributed by atoms with E-state index < -0.39 is 0 Å². The number of rotatable bonds is 5. The molecule has 124 valence electrons. The molecule has 0 spiro atoms. The van der Waals surface area contributed by atoms with Gasteiger partial charge in [0.25, 0.3) is 11.1 Å². The maximum Gasteiger partial charge on any atom is 0.277 e. The number of carbonyl (C=O) groups excluding carboxylic acids is 1. The second-order valence-electron chi connectivity index (χ2n) is 5.42. The number of nitrogens with one attached hydrogen (secondary N) is 1. The van der Waals surface area contributed by atoms with Crippen LogP contribution in [0, 0.1) is 20.8 Å². The lowest BCUT2D eigenvalue weighted by Gasteiger charge is -2.08. The van der Waals surface area contributed by atoms with Gasteiger partial charge in [-0.2, -0.15) is 0 Å². The largest absolute Gasteiger partial charge is 0.469 e. The zero-order valence-electron chi connectivity index (χ0n) is 13.6. The summed E-state index contributed by atoms with van der Waals surface area (Å²) < 4.78 is 10.8. The summed E-state index contributed by atoms with van der Waals surface area (Å²) in [6.45, 7) is 5.81. The Morgan fingerprint density at radius 1 is 1.21 bits per heavy atom. The van der Waals surface area contributed by atoms with Crippen molar-refractivity contribution in [2.75, 3.05) is 11.1 Å². The Balaban J connectivity index is 1.59. The van der Waals surface area contributed by atoms with Gasteiger partial charge in [0.2, 0.25) is 5.91 Å². The van der Waals surface area contributed by atoms with E-state index in [1.165, 1.54) is 11.8 Å². The minimum absolute atomic E-state index is 0.119. The smallest absolute Gasteiger partial charge is 0.277 e. The van der Waals surface area contributed by atoms with Gasteiger partial charge in [0.1, 0.15) is 5.76 Å². The van der Waals surface area contributed by atoms with E-state index in [2.05, 4.69) is 15.5 Å². The monoisotopic (exact) mass is 343 g/mol. The molecule has 2 aromatic heterocycles. The summed E-state index contributed by atoms with van der Waals surface area (Å²) in [6, 6.07) is 7.66. The number of amides is 1. The van der Waals surface area contributed by atoms with E-state index in [4.69, 9.17) is 8.83 Å². The quantitative estimate of drug-likeness (QED) is 0.706. The lowest BCUT2D eigenvalue weighted by Crippen LogP contribution is -2.14. The average Bonchev–Trinajstić information content (AvgIpc) is 3.16. The Morgan fingerprint density at radius 2 is 2.04 bits per heavy atom. The van der Waals surface area contributed by atoms with Crippen LogP contribution < -0.4 is 5.32 Å². The first-order valence-electron chi connectivity index (χ1n) is 7.41. The molecule has 0 saturated carbocycles. The van der Waals surface area contributed by atoms with E-state index >= 15 is 0 Å². The Hall–Kier alpha value is -2.54. The highest BCUT2D eigenvalue weighted by Crippen LogP contribution is 2.26. The van der Waals surface area contributed by atoms with Gasteiger partial charge < -0.3 is 14.2 Å². The number of anilines is 1. The van der Waals surface area contributed by atoms with Crippen LogP contribution in [0.2, 0.25) is 0 Å². The molecule has 0 atom stereocenters. The molecule has 6 nitrogen and oxygen atoms in total. The average molecular weight is 343 g/mol. The lowest BCUT2D eigenvalue weighted by atomic mass is 10.1. The number of furan rings is 1. The summed E-state index contributed by atoms with van der Waals surface area (Å²) in [5, 5.41) is 11.2. The van der Waals surface area contributed by atoms with Gasteiger partial charge in [-0.15, -0.1) is 10.2 Å². The molecule has 0 aliphatic rings. The molecule has 0 fully saturated rings. The van der Waals surface area contributed by atoms with E-state index in [0.29, 0.717) is 16.9 Å². The van der Waals surface area contributed by atoms with Crippen LogP contribution in [0.25, 0.3) is 11.5 Å². The zero-order valence-corrected chi connectivity index (χ0v) is 14.4. The first-order chi connectivity index (χ1) is 11.5. The predicted octanol–water partition coefficient (Wildman–Crippen LogP) is 3.99. The molecule has 0 aliphatic carbocycles. The topological polar surface area (TPSA) is 81.2 Å². The van der Waals surface area contributed by atoms with E-state index in [0.717, 1.165) is 22.4 Å². The van der Waals surface area contributed by atoms with Crippen LogP contribution in [0.1, 0.15) is 16.9 Å². The van der Waals surface area contributed by atoms with Gasteiger partial charge in [0, 0.05) is 5.69 Å². The molecule has 3 aromatic rings. The van der Waals surface area contributed by atoms with Crippen molar-refractivity contribution >= 4 is 23.4 Å². The van der Waals surface area contributed by atoms with Crippen LogP contribution >= 0.6 is 11.8 Å². The van der Waals surface area contributed by atoms with Gasteiger partial charge in [-0.3, -0.25) is 4.79 Å². The summed E-state index contributed by atoms with van der Waals surface area (Å²) in [4.78, 5) is 12.1. The molecule has 2 heterocycles. The molecule has 1 N–H and O–H groups in total. The maximum absolute atomic E-state index is 12.1. The fourth-order valence-corrected chi connectivity index (χ4v) is 2.81. The number of aromatic nitrogens is 2. The molecular formula is C17H17N3O3S. The van der Waals surface area contributed by atoms with Gasteiger partial charge in [0.05, 0.1) is 17.6 Å². The number of benzene rings is 1. The number of aryl methyl sites for hydroxylation is 3. The van der Waals surface area contributed by atoms with Gasteiger partial charge in [-0.1, -0.05) is 29.5 Å². The number of carbonyl (C=O) groups is 1. The summed E-state index contributed by atoms with van der Waals surface area (Å²) in [7, 11) is 0. The standard InChI is InChI=1S/C17H17N3O3S/c1-10-4-5-14(11(2)8-10)18-15(21)9-24-17-20-19-16(23-17)13-6-7-22-12(13)3/h4-8H,9H2,1-3H3,(H,18,21). The third-order valence-corrected chi connectivity index (χ3v) is 4.30. The Bertz CT molecular complexity index is 870. The van der Waals surface area contributed by atoms with Crippen molar-refractivity contribution < 1.29 is 13.6 Å². The number of hydrogen-bond donors (Lipinski definition) is 1. The Kier molecular flexibility index (Phi) is 4.71. The first-order valence-corrected chi connectivity index (χ1v) is 8.39. The SMILES string of the molecule is Cc1ccc(NC(=O)CSc2nnc(-c3ccoc3C)o2)c(C)c1. The van der Waals surface area contributed by atoms with Crippen LogP contribution in [-0.2, 0) is 4.79 Å². The molecule has 0 radical (unpaired) electrons. The Morgan fingerprint density at radius 3 is 2.75 bits per heavy atom. The number of thioether (sulfide) groups is 1. The molecule has 24 heavy (non-hydrogen) atoms. The number of hydrogen-bond acceptors (Lipinski definition) is 6. The highest BCUT2D eigenvalue weighted by molar-refractivity contribution is 7.99. The third kappa shape index (κ3) is 3.68. The van der Waals surface area contributed by atoms with Crippen molar-refractivity contribution in [3.63, 3.8) is 0 Å². The van der Waals surface area contributed by atoms with Crippen molar-refractivity contribution in [2.45, 2.75) is 26.0 Å². The van der Waals surface area contributed by atoms with Gasteiger partial charge in [-0.25, -0.2) is 0 Å². The van der Waals surface area contributed by atoms with Gasteiger partial charge >= 0.3 is 0 Å². The van der Waals surface area contributed by atoms with Crippen molar-refractivity contribution in [1.29, 1.82) is 0 Å². The fraction of sp³-hybridized carbons (Fsp3) is 0.235. The van der Waals surface area contributed by atoms with Gasteiger partial charge in [-0.05, 0) is 38.5 Å². The van der Waals surface area contributed by atoms with Crippen molar-refractivity contribution in [1.82, 2.24) is 10.2 Å². The molecule has 1 amide bonds. The van der Waals surface area contributed by atoms with Crippen LogP contribution in [0.5, 0.6) is 0 Å². The highest BCUT2D eigenvalue weighted by Gasteiger charge is 2.14. The molecule has 3 rings (SSSR count). The summed E-state index contributed by atoms with van der Waals surface area (Å²) >= 11 is 1.20. The first kappa shape index (κ1) is 16.3. The fourth-order valence-electron chi connectivity index (χ4n) is 2.25. The van der Waals surface area contributed by atoms with Crippen LogP contribution in [0.15, 0.2) is 44.6 Å². The normalized spacial score (nSPS) is 10.8. The van der Waals surface area contributed by atoms with E-state index in [1.54, 1.807) is 12.3 Å². The second-order valence-corrected chi connectivity index (χ2v) is 6.35. The molecule has 1 aromatic carbocycles. The van der Waals surface area contributed by atoms with E-state index in [9.17, 15) is 4.79 Å². The molecular weight excluding hydrogens is 326 g/mol. The Labute approximate surface area is 143 Å². The molecule has 0 unspecified atom stereocenters. The summed E-state index contributed by atoms with van der Waals surface area (Å²) in [5.74, 6) is 1.17. The predicted molar refractivity (Wildman–Crippen MR) is 92.0 cm³/mol. The van der Waals surface area contributed by atoms with Crippen LogP contribution in [0.4, 0.5) is 5.69 Å². The minimum Gasteiger partial charge on any atom is -0.469 e. The number of nitrogens with zero attached hydrogens (tertiary/aromatic N) is 2. The minimum atomic E-state index is -0.119. The highest BCUT2D eigenvalue weighted by atomic mass is 32.2. The van der Waals surface area contributed by atoms with Crippen LogP contribution in [-0.4, -0.2) is 21.9 Å². The molecule has 0 saturated heterocycles.